The number of hydrazone groups is 1. The number of nitrogens with one attached hydrogen (secondary N) is 1. The highest BCUT2D eigenvalue weighted by molar-refractivity contribution is 9.10. The van der Waals surface area contributed by atoms with Crippen LogP contribution >= 0.6 is 15.9 Å². The summed E-state index contributed by atoms with van der Waals surface area (Å²) in [6.07, 6.45) is 1.39. The summed E-state index contributed by atoms with van der Waals surface area (Å²) in [6, 6.07) is 9.12. The molecule has 0 aliphatic carbocycles. The zero-order valence-corrected chi connectivity index (χ0v) is 15.3. The Hall–Kier alpha value is -2.34. The van der Waals surface area contributed by atoms with Crippen LogP contribution in [0.3, 0.4) is 0 Å². The summed E-state index contributed by atoms with van der Waals surface area (Å²) in [7, 11) is 0. The van der Waals surface area contributed by atoms with Gasteiger partial charge < -0.3 is 9.84 Å². The molecule has 0 unspecified atom stereocenters. The first kappa shape index (κ1) is 18.0. The topological polar surface area (TPSA) is 70.9 Å². The molecule has 1 amide bonds. The maximum absolute atomic E-state index is 11.8. The highest BCUT2D eigenvalue weighted by atomic mass is 79.9. The largest absolute Gasteiger partial charge is 0.507 e. The van der Waals surface area contributed by atoms with Crippen LogP contribution in [-0.2, 0) is 4.79 Å². The molecule has 0 heterocycles. The molecule has 0 spiro atoms. The second-order valence-corrected chi connectivity index (χ2v) is 6.39. The zero-order valence-electron chi connectivity index (χ0n) is 13.8. The standard InChI is InChI=1S/C18H19BrN2O3/c1-11-4-5-14(16(22)8-11)9-20-21-17(23)10-24-18-13(3)6-12(2)7-15(18)19/h4-9,22H,10H2,1-3H3,(H,21,23). The minimum Gasteiger partial charge on any atom is -0.507 e. The minimum absolute atomic E-state index is 0.114. The Bertz CT molecular complexity index is 765. The molecular formula is C18H19BrN2O3. The van der Waals surface area contributed by atoms with Crippen molar-refractivity contribution in [2.75, 3.05) is 6.61 Å². The van der Waals surface area contributed by atoms with Gasteiger partial charge in [0.15, 0.2) is 6.61 Å². The number of rotatable bonds is 5. The lowest BCUT2D eigenvalue weighted by molar-refractivity contribution is -0.123. The van der Waals surface area contributed by atoms with Crippen LogP contribution < -0.4 is 10.2 Å². The van der Waals surface area contributed by atoms with E-state index in [1.54, 1.807) is 12.1 Å². The lowest BCUT2D eigenvalue weighted by Crippen LogP contribution is -2.24. The zero-order chi connectivity index (χ0) is 17.7. The van der Waals surface area contributed by atoms with Crippen LogP contribution in [0.4, 0.5) is 0 Å². The first-order chi connectivity index (χ1) is 11.4. The molecule has 2 aromatic rings. The van der Waals surface area contributed by atoms with Gasteiger partial charge in [-0.1, -0.05) is 12.1 Å². The van der Waals surface area contributed by atoms with E-state index in [0.717, 1.165) is 21.2 Å². The van der Waals surface area contributed by atoms with Crippen molar-refractivity contribution in [2.45, 2.75) is 20.8 Å². The van der Waals surface area contributed by atoms with E-state index in [9.17, 15) is 9.90 Å². The van der Waals surface area contributed by atoms with Gasteiger partial charge in [0.05, 0.1) is 10.7 Å². The Morgan fingerprint density at radius 3 is 2.67 bits per heavy atom. The third-order valence-electron chi connectivity index (χ3n) is 3.30. The molecule has 24 heavy (non-hydrogen) atoms. The predicted octanol–water partition coefficient (Wildman–Crippen LogP) is 3.61. The van der Waals surface area contributed by atoms with E-state index < -0.39 is 0 Å². The number of benzene rings is 2. The van der Waals surface area contributed by atoms with E-state index >= 15 is 0 Å². The maximum Gasteiger partial charge on any atom is 0.277 e. The predicted molar refractivity (Wildman–Crippen MR) is 97.7 cm³/mol. The lowest BCUT2D eigenvalue weighted by Gasteiger charge is -2.11. The van der Waals surface area contributed by atoms with Crippen LogP contribution in [0.5, 0.6) is 11.5 Å². The van der Waals surface area contributed by atoms with Gasteiger partial charge in [-0.05, 0) is 71.6 Å². The summed E-state index contributed by atoms with van der Waals surface area (Å²) in [5, 5.41) is 13.6. The number of nitrogens with zero attached hydrogens (tertiary/aromatic N) is 1. The molecule has 6 heteroatoms. The van der Waals surface area contributed by atoms with Crippen molar-refractivity contribution in [3.05, 3.63) is 57.1 Å². The van der Waals surface area contributed by atoms with Gasteiger partial charge in [-0.25, -0.2) is 5.43 Å². The van der Waals surface area contributed by atoms with Crippen LogP contribution in [0.25, 0.3) is 0 Å². The van der Waals surface area contributed by atoms with E-state index in [-0.39, 0.29) is 18.3 Å². The monoisotopic (exact) mass is 390 g/mol. The smallest absolute Gasteiger partial charge is 0.277 e. The van der Waals surface area contributed by atoms with E-state index in [4.69, 9.17) is 4.74 Å². The summed E-state index contributed by atoms with van der Waals surface area (Å²) in [6.45, 7) is 5.64. The Balaban J connectivity index is 1.91. The molecule has 0 radical (unpaired) electrons. The number of phenolic OH excluding ortho intramolecular Hbond substituents is 1. The summed E-state index contributed by atoms with van der Waals surface area (Å²) in [5.74, 6) is 0.365. The van der Waals surface area contributed by atoms with Gasteiger partial charge in [0.25, 0.3) is 5.91 Å². The highest BCUT2D eigenvalue weighted by Crippen LogP contribution is 2.30. The van der Waals surface area contributed by atoms with E-state index in [1.165, 1.54) is 6.21 Å². The number of carbonyl (C=O) groups excluding carboxylic acids is 1. The molecule has 5 nitrogen and oxygen atoms in total. The number of ether oxygens (including phenoxy) is 1. The van der Waals surface area contributed by atoms with Crippen molar-refractivity contribution in [3.63, 3.8) is 0 Å². The first-order valence-electron chi connectivity index (χ1n) is 7.38. The van der Waals surface area contributed by atoms with Crippen molar-refractivity contribution < 1.29 is 14.6 Å². The number of carbonyl (C=O) groups is 1. The molecular weight excluding hydrogens is 372 g/mol. The highest BCUT2D eigenvalue weighted by Gasteiger charge is 2.09. The third kappa shape index (κ3) is 4.83. The van der Waals surface area contributed by atoms with Crippen LogP contribution in [0.2, 0.25) is 0 Å². The fraction of sp³-hybridized carbons (Fsp3) is 0.222. The van der Waals surface area contributed by atoms with Crippen LogP contribution in [-0.4, -0.2) is 23.8 Å². The minimum atomic E-state index is -0.385. The van der Waals surface area contributed by atoms with E-state index in [0.29, 0.717) is 11.3 Å². The summed E-state index contributed by atoms with van der Waals surface area (Å²) in [5.41, 5.74) is 5.90. The van der Waals surface area contributed by atoms with E-state index in [1.807, 2.05) is 39.0 Å². The van der Waals surface area contributed by atoms with Gasteiger partial charge in [-0.2, -0.15) is 5.10 Å². The second-order valence-electron chi connectivity index (χ2n) is 5.54. The maximum atomic E-state index is 11.8. The lowest BCUT2D eigenvalue weighted by atomic mass is 10.1. The quantitative estimate of drug-likeness (QED) is 0.604. The molecule has 0 atom stereocenters. The second kappa shape index (κ2) is 7.97. The SMILES string of the molecule is Cc1ccc(C=NNC(=O)COc2c(C)cc(C)cc2Br)c(O)c1. The number of aromatic hydroxyl groups is 1. The molecule has 0 aliphatic rings. The molecule has 0 aliphatic heterocycles. The normalized spacial score (nSPS) is 10.8. The summed E-state index contributed by atoms with van der Waals surface area (Å²) >= 11 is 3.43. The number of amides is 1. The van der Waals surface area contributed by atoms with Crippen molar-refractivity contribution in [1.29, 1.82) is 0 Å². The fourth-order valence-corrected chi connectivity index (χ4v) is 2.98. The number of halogens is 1. The molecule has 2 N–H and O–H groups in total. The molecule has 2 rings (SSSR count). The van der Waals surface area contributed by atoms with Gasteiger partial charge in [-0.3, -0.25) is 4.79 Å². The molecule has 2 aromatic carbocycles. The average Bonchev–Trinajstić information content (AvgIpc) is 2.48. The van der Waals surface area contributed by atoms with Crippen LogP contribution in [0.1, 0.15) is 22.3 Å². The summed E-state index contributed by atoms with van der Waals surface area (Å²) in [4.78, 5) is 11.8. The third-order valence-corrected chi connectivity index (χ3v) is 3.89. The first-order valence-corrected chi connectivity index (χ1v) is 8.17. The molecule has 0 saturated heterocycles. The van der Waals surface area contributed by atoms with Gasteiger partial charge in [-0.15, -0.1) is 0 Å². The molecule has 126 valence electrons. The van der Waals surface area contributed by atoms with Crippen LogP contribution in [0.15, 0.2) is 39.9 Å². The van der Waals surface area contributed by atoms with Crippen molar-refractivity contribution in [2.24, 2.45) is 5.10 Å². The number of aryl methyl sites for hydroxylation is 3. The molecule has 0 bridgehead atoms. The Labute approximate surface area is 149 Å². The molecule has 0 saturated carbocycles. The number of phenols is 1. The van der Waals surface area contributed by atoms with Crippen LogP contribution in [0, 0.1) is 20.8 Å². The fourth-order valence-electron chi connectivity index (χ4n) is 2.19. The Morgan fingerprint density at radius 1 is 1.25 bits per heavy atom. The van der Waals surface area contributed by atoms with Gasteiger partial charge in [0.1, 0.15) is 11.5 Å². The van der Waals surface area contributed by atoms with Crippen molar-refractivity contribution >= 4 is 28.1 Å². The van der Waals surface area contributed by atoms with Crippen molar-refractivity contribution in [3.8, 4) is 11.5 Å². The Kier molecular flexibility index (Phi) is 5.98. The van der Waals surface area contributed by atoms with Gasteiger partial charge >= 0.3 is 0 Å². The number of hydrogen-bond donors (Lipinski definition) is 2. The van der Waals surface area contributed by atoms with Crippen molar-refractivity contribution in [1.82, 2.24) is 5.43 Å². The van der Waals surface area contributed by atoms with Gasteiger partial charge in [0, 0.05) is 5.56 Å². The van der Waals surface area contributed by atoms with E-state index in [2.05, 4.69) is 26.5 Å². The summed E-state index contributed by atoms with van der Waals surface area (Å²) < 4.78 is 6.35. The van der Waals surface area contributed by atoms with Gasteiger partial charge in [0.2, 0.25) is 0 Å². The number of hydrogen-bond acceptors (Lipinski definition) is 4. The Morgan fingerprint density at radius 2 is 2.00 bits per heavy atom. The average molecular weight is 391 g/mol. The molecule has 0 fully saturated rings. The molecule has 0 aromatic heterocycles.